The highest BCUT2D eigenvalue weighted by Crippen LogP contribution is 2.33. The Morgan fingerprint density at radius 1 is 1.32 bits per heavy atom. The largest absolute Gasteiger partial charge is 0.453 e. The second kappa shape index (κ2) is 8.77. The van der Waals surface area contributed by atoms with Crippen molar-refractivity contribution in [3.05, 3.63) is 40.6 Å². The molecule has 8 heteroatoms. The van der Waals surface area contributed by atoms with Crippen LogP contribution in [0.25, 0.3) is 11.4 Å². The number of hydrogen-bond acceptors (Lipinski definition) is 4. The third kappa shape index (κ3) is 4.38. The third-order valence-corrected chi connectivity index (χ3v) is 5.53. The number of aromatic nitrogens is 2. The predicted molar refractivity (Wildman–Crippen MR) is 110 cm³/mol. The summed E-state index contributed by atoms with van der Waals surface area (Å²) < 4.78 is 5.68. The number of ether oxygens (including phenoxy) is 1. The molecule has 1 aromatic heterocycles. The summed E-state index contributed by atoms with van der Waals surface area (Å²) >= 11 is 3.43. The van der Waals surface area contributed by atoms with Crippen molar-refractivity contribution in [2.45, 2.75) is 38.8 Å². The monoisotopic (exact) mass is 448 g/mol. The summed E-state index contributed by atoms with van der Waals surface area (Å²) in [5.41, 5.74) is 1.89. The molecule has 2 amide bonds. The van der Waals surface area contributed by atoms with Gasteiger partial charge < -0.3 is 19.9 Å². The molecule has 3 rings (SSSR count). The van der Waals surface area contributed by atoms with Crippen LogP contribution < -0.4 is 5.32 Å². The van der Waals surface area contributed by atoms with E-state index in [0.717, 1.165) is 34.4 Å². The molecule has 0 saturated carbocycles. The van der Waals surface area contributed by atoms with E-state index in [1.54, 1.807) is 6.20 Å². The molecule has 2 N–H and O–H groups in total. The van der Waals surface area contributed by atoms with E-state index in [0.29, 0.717) is 6.54 Å². The zero-order chi connectivity index (χ0) is 20.3. The highest BCUT2D eigenvalue weighted by Gasteiger charge is 2.36. The molecule has 1 aliphatic rings. The lowest BCUT2D eigenvalue weighted by Gasteiger charge is -2.30. The highest BCUT2D eigenvalue weighted by atomic mass is 79.9. The Morgan fingerprint density at radius 3 is 2.68 bits per heavy atom. The first-order valence-electron chi connectivity index (χ1n) is 9.36. The van der Waals surface area contributed by atoms with Gasteiger partial charge in [-0.3, -0.25) is 4.79 Å². The number of alkyl carbamates (subject to hydrolysis) is 1. The standard InChI is InChI=1S/C20H25BrN4O3/c1-12(2)17(24-20(27)28-3)19(26)25-10-4-5-16(25)15-11-22-18(23-15)13-6-8-14(21)9-7-13/h6-9,11-12,16-17H,4-5,10H2,1-3H3,(H,22,23)(H,24,27)/t16-,17-/m1/s1. The van der Waals surface area contributed by atoms with E-state index in [2.05, 4.69) is 36.0 Å². The van der Waals surface area contributed by atoms with Crippen molar-refractivity contribution in [1.82, 2.24) is 20.2 Å². The summed E-state index contributed by atoms with van der Waals surface area (Å²) in [4.78, 5) is 34.5. The fourth-order valence-electron chi connectivity index (χ4n) is 3.49. The van der Waals surface area contributed by atoms with Gasteiger partial charge in [0.05, 0.1) is 25.0 Å². The van der Waals surface area contributed by atoms with Crippen LogP contribution in [0.2, 0.25) is 0 Å². The smallest absolute Gasteiger partial charge is 0.407 e. The van der Waals surface area contributed by atoms with Gasteiger partial charge in [-0.1, -0.05) is 41.9 Å². The van der Waals surface area contributed by atoms with Crippen LogP contribution in [-0.2, 0) is 9.53 Å². The molecule has 2 heterocycles. The fourth-order valence-corrected chi connectivity index (χ4v) is 3.76. The molecular weight excluding hydrogens is 424 g/mol. The second-order valence-electron chi connectivity index (χ2n) is 7.24. The van der Waals surface area contributed by atoms with Gasteiger partial charge in [0.2, 0.25) is 5.91 Å². The SMILES string of the molecule is COC(=O)N[C@@H](C(=O)N1CCC[C@@H]1c1cnc(-c2ccc(Br)cc2)[nH]1)C(C)C. The lowest BCUT2D eigenvalue weighted by Crippen LogP contribution is -2.51. The summed E-state index contributed by atoms with van der Waals surface area (Å²) in [6.07, 6.45) is 2.97. The van der Waals surface area contributed by atoms with Crippen LogP contribution >= 0.6 is 15.9 Å². The molecule has 150 valence electrons. The molecule has 1 aromatic carbocycles. The van der Waals surface area contributed by atoms with Crippen LogP contribution in [-0.4, -0.2) is 46.6 Å². The molecule has 0 bridgehead atoms. The summed E-state index contributed by atoms with van der Waals surface area (Å²) in [5, 5.41) is 2.67. The quantitative estimate of drug-likeness (QED) is 0.726. The minimum absolute atomic E-state index is 0.0482. The van der Waals surface area contributed by atoms with E-state index in [-0.39, 0.29) is 17.9 Å². The maximum atomic E-state index is 13.2. The predicted octanol–water partition coefficient (Wildman–Crippen LogP) is 3.88. The second-order valence-corrected chi connectivity index (χ2v) is 8.16. The number of nitrogens with one attached hydrogen (secondary N) is 2. The number of benzene rings is 1. The van der Waals surface area contributed by atoms with Gasteiger partial charge in [0.1, 0.15) is 11.9 Å². The van der Waals surface area contributed by atoms with Crippen LogP contribution in [0.15, 0.2) is 34.9 Å². The van der Waals surface area contributed by atoms with Gasteiger partial charge in [-0.15, -0.1) is 0 Å². The average molecular weight is 449 g/mol. The fraction of sp³-hybridized carbons (Fsp3) is 0.450. The van der Waals surface area contributed by atoms with Crippen LogP contribution in [0.4, 0.5) is 4.79 Å². The maximum absolute atomic E-state index is 13.2. The van der Waals surface area contributed by atoms with Crippen molar-refractivity contribution < 1.29 is 14.3 Å². The Bertz CT molecular complexity index is 834. The number of methoxy groups -OCH3 is 1. The van der Waals surface area contributed by atoms with Gasteiger partial charge >= 0.3 is 6.09 Å². The lowest BCUT2D eigenvalue weighted by atomic mass is 10.0. The molecule has 7 nitrogen and oxygen atoms in total. The first kappa shape index (κ1) is 20.4. The topological polar surface area (TPSA) is 87.3 Å². The number of imidazole rings is 1. The Kier molecular flexibility index (Phi) is 6.39. The van der Waals surface area contributed by atoms with E-state index in [9.17, 15) is 9.59 Å². The van der Waals surface area contributed by atoms with E-state index >= 15 is 0 Å². The Labute approximate surface area is 173 Å². The van der Waals surface area contributed by atoms with Crippen molar-refractivity contribution in [2.24, 2.45) is 5.92 Å². The van der Waals surface area contributed by atoms with Gasteiger partial charge in [0, 0.05) is 16.6 Å². The summed E-state index contributed by atoms with van der Waals surface area (Å²) in [7, 11) is 1.30. The van der Waals surface area contributed by atoms with E-state index < -0.39 is 12.1 Å². The van der Waals surface area contributed by atoms with Crippen molar-refractivity contribution in [3.63, 3.8) is 0 Å². The van der Waals surface area contributed by atoms with E-state index in [1.807, 2.05) is 43.0 Å². The summed E-state index contributed by atoms with van der Waals surface area (Å²) in [6, 6.07) is 7.20. The van der Waals surface area contributed by atoms with Crippen molar-refractivity contribution >= 4 is 27.9 Å². The number of halogens is 1. The molecule has 1 aliphatic heterocycles. The van der Waals surface area contributed by atoms with Crippen molar-refractivity contribution in [2.75, 3.05) is 13.7 Å². The van der Waals surface area contributed by atoms with Crippen LogP contribution in [0, 0.1) is 5.92 Å². The minimum atomic E-state index is -0.623. The average Bonchev–Trinajstić information content (AvgIpc) is 3.34. The van der Waals surface area contributed by atoms with Gasteiger partial charge in [0.25, 0.3) is 0 Å². The zero-order valence-corrected chi connectivity index (χ0v) is 17.8. The van der Waals surface area contributed by atoms with Gasteiger partial charge in [-0.25, -0.2) is 9.78 Å². The number of amides is 2. The van der Waals surface area contributed by atoms with Gasteiger partial charge in [0.15, 0.2) is 0 Å². The van der Waals surface area contributed by atoms with Crippen LogP contribution in [0.1, 0.15) is 38.4 Å². The number of nitrogens with zero attached hydrogens (tertiary/aromatic N) is 2. The molecule has 1 saturated heterocycles. The minimum Gasteiger partial charge on any atom is -0.453 e. The number of carbonyl (C=O) groups is 2. The zero-order valence-electron chi connectivity index (χ0n) is 16.2. The molecule has 0 unspecified atom stereocenters. The number of hydrogen-bond donors (Lipinski definition) is 2. The summed E-state index contributed by atoms with van der Waals surface area (Å²) in [6.45, 7) is 4.47. The molecule has 2 atom stereocenters. The Balaban J connectivity index is 1.79. The molecular formula is C20H25BrN4O3. The number of rotatable bonds is 5. The molecule has 28 heavy (non-hydrogen) atoms. The Hall–Kier alpha value is -2.35. The third-order valence-electron chi connectivity index (χ3n) is 5.00. The molecule has 0 radical (unpaired) electrons. The van der Waals surface area contributed by atoms with Crippen molar-refractivity contribution in [3.8, 4) is 11.4 Å². The van der Waals surface area contributed by atoms with Gasteiger partial charge in [-0.2, -0.15) is 0 Å². The van der Waals surface area contributed by atoms with Crippen LogP contribution in [0.5, 0.6) is 0 Å². The first-order chi connectivity index (χ1) is 13.4. The first-order valence-corrected chi connectivity index (χ1v) is 10.2. The maximum Gasteiger partial charge on any atom is 0.407 e. The Morgan fingerprint density at radius 2 is 2.04 bits per heavy atom. The molecule has 0 aliphatic carbocycles. The lowest BCUT2D eigenvalue weighted by molar-refractivity contribution is -0.135. The normalized spacial score (nSPS) is 17.6. The number of aromatic amines is 1. The number of carbonyl (C=O) groups excluding carboxylic acids is 2. The molecule has 2 aromatic rings. The van der Waals surface area contributed by atoms with E-state index in [4.69, 9.17) is 0 Å². The molecule has 1 fully saturated rings. The van der Waals surface area contributed by atoms with Crippen molar-refractivity contribution in [1.29, 1.82) is 0 Å². The molecule has 0 spiro atoms. The number of H-pyrrole nitrogens is 1. The van der Waals surface area contributed by atoms with Gasteiger partial charge in [-0.05, 0) is 30.9 Å². The van der Waals surface area contributed by atoms with Crippen LogP contribution in [0.3, 0.4) is 0 Å². The number of likely N-dealkylation sites (tertiary alicyclic amines) is 1. The highest BCUT2D eigenvalue weighted by molar-refractivity contribution is 9.10. The van der Waals surface area contributed by atoms with E-state index in [1.165, 1.54) is 7.11 Å². The summed E-state index contributed by atoms with van der Waals surface area (Å²) in [5.74, 6) is 0.630.